The van der Waals surface area contributed by atoms with E-state index in [1.54, 1.807) is 33.3 Å². The fourth-order valence-electron chi connectivity index (χ4n) is 11.3. The summed E-state index contributed by atoms with van der Waals surface area (Å²) in [5.74, 6) is -3.39. The van der Waals surface area contributed by atoms with E-state index in [4.69, 9.17) is 42.6 Å². The van der Waals surface area contributed by atoms with Gasteiger partial charge in [-0.2, -0.15) is 0 Å². The molecule has 5 heterocycles. The normalized spacial score (nSPS) is 43.8. The summed E-state index contributed by atoms with van der Waals surface area (Å²) in [7, 11) is 4.58. The molecule has 322 valence electrons. The smallest absolute Gasteiger partial charge is 0.338 e. The predicted octanol–water partition coefficient (Wildman–Crippen LogP) is 6.88. The zero-order valence-corrected chi connectivity index (χ0v) is 36.2. The summed E-state index contributed by atoms with van der Waals surface area (Å²) in [5.41, 5.74) is -0.715. The Balaban J connectivity index is 1.21. The van der Waals surface area contributed by atoms with Gasteiger partial charge in [-0.1, -0.05) is 59.7 Å². The van der Waals surface area contributed by atoms with Crippen LogP contribution in [-0.4, -0.2) is 110 Å². The molecule has 0 saturated carbocycles. The van der Waals surface area contributed by atoms with Crippen LogP contribution < -0.4 is 0 Å². The number of esters is 2. The van der Waals surface area contributed by atoms with Gasteiger partial charge < -0.3 is 47.7 Å². The third-order valence-electron chi connectivity index (χ3n) is 14.8. The molecule has 1 N–H and O–H groups in total. The maximum atomic E-state index is 13.5. The molecular weight excluding hydrogens is 732 g/mol. The predicted molar refractivity (Wildman–Crippen MR) is 211 cm³/mol. The Labute approximate surface area is 340 Å². The average molecular weight is 803 g/mol. The lowest BCUT2D eigenvalue weighted by atomic mass is 9.78. The van der Waals surface area contributed by atoms with Gasteiger partial charge in [0.2, 0.25) is 0 Å². The minimum Gasteiger partial charge on any atom is -0.469 e. The minimum atomic E-state index is -1.05. The molecule has 0 amide bonds. The number of aliphatic hydroxyl groups excluding tert-OH is 1. The quantitative estimate of drug-likeness (QED) is 0.208. The van der Waals surface area contributed by atoms with Crippen molar-refractivity contribution in [3.05, 3.63) is 35.9 Å². The van der Waals surface area contributed by atoms with Gasteiger partial charge in [0.15, 0.2) is 11.6 Å². The molecule has 5 aliphatic heterocycles. The Morgan fingerprint density at radius 3 is 2.30 bits per heavy atom. The van der Waals surface area contributed by atoms with E-state index in [2.05, 4.69) is 34.6 Å². The van der Waals surface area contributed by atoms with Gasteiger partial charge in [-0.25, -0.2) is 4.79 Å². The summed E-state index contributed by atoms with van der Waals surface area (Å²) < 4.78 is 58.3. The highest BCUT2D eigenvalue weighted by atomic mass is 16.7. The number of rotatable bonds is 13. The molecule has 5 aliphatic rings. The second-order valence-electron chi connectivity index (χ2n) is 18.4. The van der Waals surface area contributed by atoms with Crippen molar-refractivity contribution in [1.29, 1.82) is 0 Å². The van der Waals surface area contributed by atoms with Crippen LogP contribution in [0.3, 0.4) is 0 Å². The minimum absolute atomic E-state index is 0.0515. The fraction of sp³-hybridized carbons (Fsp3) is 0.822. The van der Waals surface area contributed by atoms with Crippen LogP contribution in [0.1, 0.15) is 117 Å². The molecule has 5 saturated heterocycles. The highest BCUT2D eigenvalue weighted by molar-refractivity contribution is 5.89. The number of methoxy groups -OCH3 is 3. The van der Waals surface area contributed by atoms with E-state index in [0.29, 0.717) is 24.8 Å². The third-order valence-corrected chi connectivity index (χ3v) is 14.8. The van der Waals surface area contributed by atoms with Crippen molar-refractivity contribution >= 4 is 11.9 Å². The first-order chi connectivity index (χ1) is 27.0. The molecule has 6 rings (SSSR count). The summed E-state index contributed by atoms with van der Waals surface area (Å²) in [6.07, 6.45) is 3.53. The second-order valence-corrected chi connectivity index (χ2v) is 18.4. The first-order valence-electron chi connectivity index (χ1n) is 21.5. The highest BCUT2D eigenvalue weighted by Gasteiger charge is 2.63. The van der Waals surface area contributed by atoms with Crippen molar-refractivity contribution in [3.8, 4) is 0 Å². The number of ether oxygens (including phenoxy) is 9. The van der Waals surface area contributed by atoms with E-state index in [-0.39, 0.29) is 66.6 Å². The largest absolute Gasteiger partial charge is 0.469 e. The van der Waals surface area contributed by atoms with Gasteiger partial charge in [0.1, 0.15) is 6.10 Å². The molecule has 0 aliphatic carbocycles. The number of hydrogen-bond acceptors (Lipinski definition) is 12. The van der Waals surface area contributed by atoms with E-state index >= 15 is 0 Å². The molecule has 12 heteroatoms. The van der Waals surface area contributed by atoms with Crippen LogP contribution in [0.5, 0.6) is 0 Å². The second kappa shape index (κ2) is 17.4. The van der Waals surface area contributed by atoms with Gasteiger partial charge in [-0.3, -0.25) is 4.79 Å². The fourth-order valence-corrected chi connectivity index (χ4v) is 11.3. The van der Waals surface area contributed by atoms with Crippen LogP contribution in [0.25, 0.3) is 0 Å². The molecule has 0 radical (unpaired) electrons. The van der Waals surface area contributed by atoms with Crippen LogP contribution in [0, 0.1) is 35.5 Å². The Kier molecular flexibility index (Phi) is 13.6. The number of benzene rings is 1. The van der Waals surface area contributed by atoms with Crippen molar-refractivity contribution in [2.45, 2.75) is 172 Å². The number of carbonyl (C=O) groups is 2. The van der Waals surface area contributed by atoms with Crippen molar-refractivity contribution in [1.82, 2.24) is 0 Å². The average Bonchev–Trinajstić information content (AvgIpc) is 3.93. The lowest BCUT2D eigenvalue weighted by molar-refractivity contribution is -0.337. The summed E-state index contributed by atoms with van der Waals surface area (Å²) in [6, 6.07) is 9.02. The van der Waals surface area contributed by atoms with E-state index in [9.17, 15) is 14.7 Å². The van der Waals surface area contributed by atoms with Crippen LogP contribution in [0.15, 0.2) is 30.3 Å². The Hall–Kier alpha value is -2.16. The van der Waals surface area contributed by atoms with Gasteiger partial charge >= 0.3 is 11.9 Å². The van der Waals surface area contributed by atoms with Gasteiger partial charge in [-0.15, -0.1) is 0 Å². The highest BCUT2D eigenvalue weighted by Crippen LogP contribution is 2.55. The SMILES string of the molecule is CC[C@@]1([C@@H]2O[C@@H]([C@H]3O[C@](CO)(OC)[C@H](C)C[C@@H]3C)C[C@@H]2C)CC[C@H]([C@]2(C)CC[C@]3(C[C@H](OC(=O)c4ccccc4)[C@@H](C)[C@@H]([C@@H](C)[C@@H](OC)[C@H](C)C(=O)OC)O3)O2)O1. The maximum absolute atomic E-state index is 13.5. The molecule has 5 fully saturated rings. The summed E-state index contributed by atoms with van der Waals surface area (Å²) in [5, 5.41) is 10.3. The molecule has 12 nitrogen and oxygen atoms in total. The molecule has 0 bridgehead atoms. The standard InChI is InChI=1S/C45H70O12/c1-12-43(39-27(3)23-33(52-39)36-26(2)22-28(4)45(25-46,51-11)56-36)19-18-35(54-43)42(8)20-21-44(57-42)24-34(53-41(48)32-16-14-13-15-17-32)29(5)38(55-44)30(6)37(49-9)31(7)40(47)50-10/h13-17,26-31,33-39,46H,12,18-25H2,1-11H3/t26-,27-,28+,29+,30-,31-,33+,34-,35+,36-,37+,38-,39+,42-,43-,44+,45-/m0/s1. The molecule has 17 atom stereocenters. The molecule has 0 unspecified atom stereocenters. The Bertz CT molecular complexity index is 1520. The lowest BCUT2D eigenvalue weighted by Crippen LogP contribution is -2.57. The molecular formula is C45H70O12. The zero-order chi connectivity index (χ0) is 41.5. The van der Waals surface area contributed by atoms with E-state index in [1.807, 2.05) is 32.0 Å². The summed E-state index contributed by atoms with van der Waals surface area (Å²) >= 11 is 0. The van der Waals surface area contributed by atoms with Crippen LogP contribution in [0.4, 0.5) is 0 Å². The summed E-state index contributed by atoms with van der Waals surface area (Å²) in [6.45, 7) is 16.5. The van der Waals surface area contributed by atoms with Crippen molar-refractivity contribution in [2.24, 2.45) is 35.5 Å². The maximum Gasteiger partial charge on any atom is 0.338 e. The number of aliphatic hydroxyl groups is 1. The van der Waals surface area contributed by atoms with Gasteiger partial charge in [0.05, 0.1) is 73.0 Å². The molecule has 1 spiro atoms. The first-order valence-corrected chi connectivity index (χ1v) is 21.5. The van der Waals surface area contributed by atoms with E-state index < -0.39 is 53.0 Å². The van der Waals surface area contributed by atoms with E-state index in [1.165, 1.54) is 7.11 Å². The monoisotopic (exact) mass is 802 g/mol. The number of carbonyl (C=O) groups excluding carboxylic acids is 2. The van der Waals surface area contributed by atoms with Crippen LogP contribution in [-0.2, 0) is 47.4 Å². The first kappa shape index (κ1) is 44.4. The molecule has 0 aromatic heterocycles. The number of hydrogen-bond donors (Lipinski definition) is 1. The Morgan fingerprint density at radius 1 is 0.947 bits per heavy atom. The van der Waals surface area contributed by atoms with Crippen LogP contribution in [0.2, 0.25) is 0 Å². The lowest BCUT2D eigenvalue weighted by Gasteiger charge is -2.49. The van der Waals surface area contributed by atoms with Crippen LogP contribution >= 0.6 is 0 Å². The van der Waals surface area contributed by atoms with Crippen molar-refractivity contribution in [3.63, 3.8) is 0 Å². The van der Waals surface area contributed by atoms with Crippen molar-refractivity contribution < 1.29 is 57.3 Å². The third kappa shape index (κ3) is 8.32. The molecule has 1 aromatic rings. The Morgan fingerprint density at radius 2 is 1.67 bits per heavy atom. The topological polar surface area (TPSA) is 137 Å². The van der Waals surface area contributed by atoms with Gasteiger partial charge in [0.25, 0.3) is 0 Å². The van der Waals surface area contributed by atoms with E-state index in [0.717, 1.165) is 32.1 Å². The van der Waals surface area contributed by atoms with Gasteiger partial charge in [-0.05, 0) is 76.3 Å². The molecule has 1 aromatic carbocycles. The zero-order valence-electron chi connectivity index (χ0n) is 36.2. The van der Waals surface area contributed by atoms with Gasteiger partial charge in [0, 0.05) is 44.8 Å². The van der Waals surface area contributed by atoms with Crippen molar-refractivity contribution in [2.75, 3.05) is 27.9 Å². The molecule has 57 heavy (non-hydrogen) atoms. The summed E-state index contributed by atoms with van der Waals surface area (Å²) in [4.78, 5) is 26.2.